The number of ether oxygens (including phenoxy) is 1. The van der Waals surface area contributed by atoms with Crippen LogP contribution in [-0.2, 0) is 0 Å². The lowest BCUT2D eigenvalue weighted by Crippen LogP contribution is -2.20. The Morgan fingerprint density at radius 3 is 2.38 bits per heavy atom. The molecule has 2 aromatic carbocycles. The van der Waals surface area contributed by atoms with Gasteiger partial charge in [-0.1, -0.05) is 43.6 Å². The van der Waals surface area contributed by atoms with Crippen molar-refractivity contribution < 1.29 is 18.3 Å². The molecule has 1 aliphatic heterocycles. The van der Waals surface area contributed by atoms with Crippen molar-refractivity contribution in [3.05, 3.63) is 65.2 Å². The van der Waals surface area contributed by atoms with Gasteiger partial charge in [-0.2, -0.15) is 0 Å². The van der Waals surface area contributed by atoms with Gasteiger partial charge in [-0.25, -0.2) is 13.6 Å². The maximum atomic E-state index is 13.2. The third-order valence-electron chi connectivity index (χ3n) is 5.02. The molecular formula is C21H23F2O2Si. The van der Waals surface area contributed by atoms with Crippen LogP contribution in [0.15, 0.2) is 42.5 Å². The molecule has 26 heavy (non-hydrogen) atoms. The minimum Gasteiger partial charge on any atom is -0.423 e. The molecule has 137 valence electrons. The second kappa shape index (κ2) is 8.58. The summed E-state index contributed by atoms with van der Waals surface area (Å²) in [4.78, 5) is 12.2. The molecule has 1 fully saturated rings. The van der Waals surface area contributed by atoms with Crippen molar-refractivity contribution >= 4 is 14.8 Å². The Morgan fingerprint density at radius 2 is 1.77 bits per heavy atom. The van der Waals surface area contributed by atoms with Crippen molar-refractivity contribution in [1.29, 1.82) is 0 Å². The molecule has 1 radical (unpaired) electrons. The van der Waals surface area contributed by atoms with Gasteiger partial charge in [0.25, 0.3) is 0 Å². The van der Waals surface area contributed by atoms with E-state index in [0.29, 0.717) is 11.5 Å². The highest BCUT2D eigenvalue weighted by molar-refractivity contribution is 6.59. The van der Waals surface area contributed by atoms with Gasteiger partial charge < -0.3 is 4.74 Å². The summed E-state index contributed by atoms with van der Waals surface area (Å²) in [5, 5.41) is 0. The first-order chi connectivity index (χ1) is 12.6. The summed E-state index contributed by atoms with van der Waals surface area (Å²) >= 11 is 0. The molecule has 0 saturated carbocycles. The Hall–Kier alpha value is -2.01. The van der Waals surface area contributed by atoms with E-state index >= 15 is 0 Å². The molecule has 0 aliphatic carbocycles. The van der Waals surface area contributed by atoms with Gasteiger partial charge in [0.15, 0.2) is 11.6 Å². The zero-order valence-electron chi connectivity index (χ0n) is 14.9. The second-order valence-corrected chi connectivity index (χ2v) is 9.86. The maximum Gasteiger partial charge on any atom is 0.343 e. The number of esters is 1. The van der Waals surface area contributed by atoms with E-state index in [2.05, 4.69) is 6.92 Å². The van der Waals surface area contributed by atoms with Gasteiger partial charge in [0.1, 0.15) is 5.75 Å². The van der Waals surface area contributed by atoms with Crippen LogP contribution in [0.5, 0.6) is 5.75 Å². The standard InChI is InChI=1S/C21H23F2O2Si/c1-2-11-26-12-9-16(10-13-26)15-3-5-17(6-4-15)21(24)25-18-7-8-19(22)20(23)14-18/h3-8,14,16H,2,9-13H2,1H3. The van der Waals surface area contributed by atoms with Gasteiger partial charge in [-0.15, -0.1) is 0 Å². The predicted octanol–water partition coefficient (Wildman–Crippen LogP) is 5.97. The van der Waals surface area contributed by atoms with Crippen LogP contribution in [0.2, 0.25) is 18.1 Å². The van der Waals surface area contributed by atoms with Crippen molar-refractivity contribution in [2.45, 2.75) is 50.2 Å². The summed E-state index contributed by atoms with van der Waals surface area (Å²) in [6, 6.07) is 14.7. The lowest BCUT2D eigenvalue weighted by Gasteiger charge is -2.27. The van der Waals surface area contributed by atoms with Crippen LogP contribution in [0.25, 0.3) is 0 Å². The van der Waals surface area contributed by atoms with Crippen LogP contribution in [0.4, 0.5) is 8.78 Å². The third kappa shape index (κ3) is 4.58. The van der Waals surface area contributed by atoms with Crippen LogP contribution >= 0.6 is 0 Å². The van der Waals surface area contributed by atoms with Crippen molar-refractivity contribution in [2.75, 3.05) is 0 Å². The quantitative estimate of drug-likeness (QED) is 0.367. The Bertz CT molecular complexity index is 753. The van der Waals surface area contributed by atoms with E-state index in [1.165, 1.54) is 49.0 Å². The molecule has 2 aromatic rings. The first-order valence-electron chi connectivity index (χ1n) is 9.17. The Labute approximate surface area is 154 Å². The van der Waals surface area contributed by atoms with Crippen LogP contribution in [0.1, 0.15) is 48.0 Å². The van der Waals surface area contributed by atoms with Gasteiger partial charge >= 0.3 is 5.97 Å². The lowest BCUT2D eigenvalue weighted by molar-refractivity contribution is 0.0734. The summed E-state index contributed by atoms with van der Waals surface area (Å²) in [6.07, 6.45) is 3.79. The van der Waals surface area contributed by atoms with Gasteiger partial charge in [0.2, 0.25) is 0 Å². The molecule has 3 rings (SSSR count). The van der Waals surface area contributed by atoms with E-state index < -0.39 is 17.6 Å². The summed E-state index contributed by atoms with van der Waals surface area (Å²) in [7, 11) is -0.132. The Morgan fingerprint density at radius 1 is 1.08 bits per heavy atom. The molecular weight excluding hydrogens is 350 g/mol. The fraction of sp³-hybridized carbons (Fsp3) is 0.381. The monoisotopic (exact) mass is 373 g/mol. The van der Waals surface area contributed by atoms with Crippen molar-refractivity contribution in [3.63, 3.8) is 0 Å². The number of carbonyl (C=O) groups excluding carboxylic acids is 1. The smallest absolute Gasteiger partial charge is 0.343 e. The molecule has 2 nitrogen and oxygen atoms in total. The topological polar surface area (TPSA) is 26.3 Å². The average molecular weight is 373 g/mol. The molecule has 0 spiro atoms. The molecule has 1 heterocycles. The highest BCUT2D eigenvalue weighted by Crippen LogP contribution is 2.35. The molecule has 1 aliphatic rings. The molecule has 0 atom stereocenters. The molecule has 0 aromatic heterocycles. The molecule has 0 amide bonds. The largest absolute Gasteiger partial charge is 0.423 e. The van der Waals surface area contributed by atoms with Crippen LogP contribution in [-0.4, -0.2) is 14.8 Å². The number of hydrogen-bond donors (Lipinski definition) is 0. The fourth-order valence-corrected chi connectivity index (χ4v) is 6.53. The molecule has 0 N–H and O–H groups in total. The van der Waals surface area contributed by atoms with Crippen LogP contribution in [0, 0.1) is 11.6 Å². The normalized spacial score (nSPS) is 15.8. The van der Waals surface area contributed by atoms with E-state index in [4.69, 9.17) is 4.74 Å². The van der Waals surface area contributed by atoms with Gasteiger partial charge in [-0.05, 0) is 48.6 Å². The summed E-state index contributed by atoms with van der Waals surface area (Å²) < 4.78 is 31.3. The number of hydrogen-bond acceptors (Lipinski definition) is 2. The first-order valence-corrected chi connectivity index (χ1v) is 11.3. The highest BCUT2D eigenvalue weighted by atomic mass is 28.3. The molecule has 5 heteroatoms. The lowest BCUT2D eigenvalue weighted by atomic mass is 9.93. The van der Waals surface area contributed by atoms with Gasteiger partial charge in [-0.3, -0.25) is 0 Å². The number of rotatable bonds is 5. The second-order valence-electron chi connectivity index (χ2n) is 6.86. The van der Waals surface area contributed by atoms with Gasteiger partial charge in [0, 0.05) is 14.9 Å². The van der Waals surface area contributed by atoms with Crippen molar-refractivity contribution in [2.24, 2.45) is 0 Å². The fourth-order valence-electron chi connectivity index (χ4n) is 3.56. The SMILES string of the molecule is CCC[Si]1CCC(c2ccc(C(=O)Oc3ccc(F)c(F)c3)cc2)CC1. The van der Waals surface area contributed by atoms with E-state index in [9.17, 15) is 13.6 Å². The van der Waals surface area contributed by atoms with E-state index in [0.717, 1.165) is 12.1 Å². The zero-order valence-corrected chi connectivity index (χ0v) is 15.9. The minimum absolute atomic E-state index is 0.00383. The highest BCUT2D eigenvalue weighted by Gasteiger charge is 2.23. The number of halogens is 2. The molecule has 0 bridgehead atoms. The Kier molecular flexibility index (Phi) is 6.19. The zero-order chi connectivity index (χ0) is 18.5. The van der Waals surface area contributed by atoms with Crippen molar-refractivity contribution in [1.82, 2.24) is 0 Å². The third-order valence-corrected chi connectivity index (χ3v) is 8.21. The average Bonchev–Trinajstić information content (AvgIpc) is 2.66. The first kappa shape index (κ1) is 18.8. The summed E-state index contributed by atoms with van der Waals surface area (Å²) in [6.45, 7) is 2.27. The van der Waals surface area contributed by atoms with E-state index in [-0.39, 0.29) is 14.5 Å². The number of carbonyl (C=O) groups is 1. The number of benzene rings is 2. The Balaban J connectivity index is 1.60. The summed E-state index contributed by atoms with van der Waals surface area (Å²) in [5.74, 6) is -2.00. The van der Waals surface area contributed by atoms with Crippen LogP contribution < -0.4 is 4.74 Å². The molecule has 1 saturated heterocycles. The van der Waals surface area contributed by atoms with E-state index in [1.54, 1.807) is 12.1 Å². The van der Waals surface area contributed by atoms with Crippen LogP contribution in [0.3, 0.4) is 0 Å². The minimum atomic E-state index is -1.04. The van der Waals surface area contributed by atoms with E-state index in [1.807, 2.05) is 12.1 Å². The van der Waals surface area contributed by atoms with Crippen molar-refractivity contribution in [3.8, 4) is 5.75 Å². The molecule has 0 unspecified atom stereocenters. The maximum absolute atomic E-state index is 13.2. The van der Waals surface area contributed by atoms with Gasteiger partial charge in [0.05, 0.1) is 5.56 Å². The summed E-state index contributed by atoms with van der Waals surface area (Å²) in [5.41, 5.74) is 1.68. The predicted molar refractivity (Wildman–Crippen MR) is 100 cm³/mol.